The number of ether oxygens (including phenoxy) is 1. The number of aliphatic carboxylic acids is 1. The molecule has 0 heterocycles. The molecule has 0 bridgehead atoms. The Kier molecular flexibility index (Phi) is 6.02. The van der Waals surface area contributed by atoms with Crippen LogP contribution in [0.15, 0.2) is 24.3 Å². The summed E-state index contributed by atoms with van der Waals surface area (Å²) in [7, 11) is 1.61. The first-order valence-corrected chi connectivity index (χ1v) is 6.73. The molecule has 0 aliphatic carbocycles. The van der Waals surface area contributed by atoms with Gasteiger partial charge in [0.25, 0.3) is 0 Å². The molecule has 6 heteroatoms. The Morgan fingerprint density at radius 3 is 2.62 bits per heavy atom. The van der Waals surface area contributed by atoms with Gasteiger partial charge in [-0.1, -0.05) is 26.0 Å². The highest BCUT2D eigenvalue weighted by molar-refractivity contribution is 5.75. The molecule has 0 saturated heterocycles. The average molecular weight is 294 g/mol. The van der Waals surface area contributed by atoms with Gasteiger partial charge in [-0.3, -0.25) is 4.79 Å². The van der Waals surface area contributed by atoms with E-state index in [-0.39, 0.29) is 24.4 Å². The highest BCUT2D eigenvalue weighted by Crippen LogP contribution is 2.25. The Hall–Kier alpha value is -2.24. The second-order valence-electron chi connectivity index (χ2n) is 5.37. The SMILES string of the molecule is COc1cccc(C(C)(C)CNC(=O)NCCC(=O)O)c1. The number of carboxylic acid groups (broad SMARTS) is 1. The van der Waals surface area contributed by atoms with E-state index < -0.39 is 5.97 Å². The molecule has 21 heavy (non-hydrogen) atoms. The third-order valence-electron chi connectivity index (χ3n) is 3.17. The van der Waals surface area contributed by atoms with Gasteiger partial charge in [0.05, 0.1) is 13.5 Å². The van der Waals surface area contributed by atoms with Crippen LogP contribution in [-0.2, 0) is 10.2 Å². The quantitative estimate of drug-likeness (QED) is 0.715. The zero-order valence-corrected chi connectivity index (χ0v) is 12.6. The van der Waals surface area contributed by atoms with E-state index in [1.54, 1.807) is 7.11 Å². The van der Waals surface area contributed by atoms with Gasteiger partial charge in [0.15, 0.2) is 0 Å². The summed E-state index contributed by atoms with van der Waals surface area (Å²) in [5, 5.41) is 13.8. The molecular weight excluding hydrogens is 272 g/mol. The number of methoxy groups -OCH3 is 1. The van der Waals surface area contributed by atoms with Crippen LogP contribution in [0.5, 0.6) is 5.75 Å². The van der Waals surface area contributed by atoms with Crippen molar-refractivity contribution in [3.63, 3.8) is 0 Å². The molecule has 0 spiro atoms. The number of carbonyl (C=O) groups excluding carboxylic acids is 1. The van der Waals surface area contributed by atoms with Crippen molar-refractivity contribution in [2.75, 3.05) is 20.2 Å². The predicted molar refractivity (Wildman–Crippen MR) is 79.7 cm³/mol. The molecule has 0 aliphatic rings. The number of nitrogens with one attached hydrogen (secondary N) is 2. The van der Waals surface area contributed by atoms with Crippen LogP contribution in [0.3, 0.4) is 0 Å². The van der Waals surface area contributed by atoms with E-state index in [0.717, 1.165) is 11.3 Å². The third-order valence-corrected chi connectivity index (χ3v) is 3.17. The smallest absolute Gasteiger partial charge is 0.314 e. The van der Waals surface area contributed by atoms with Crippen molar-refractivity contribution in [3.05, 3.63) is 29.8 Å². The molecular formula is C15H22N2O4. The number of benzene rings is 1. The molecule has 1 rings (SSSR count). The Balaban J connectivity index is 2.51. The Labute approximate surface area is 124 Å². The Bertz CT molecular complexity index is 500. The van der Waals surface area contributed by atoms with Crippen LogP contribution in [0.1, 0.15) is 25.8 Å². The lowest BCUT2D eigenvalue weighted by molar-refractivity contribution is -0.136. The van der Waals surface area contributed by atoms with Crippen LogP contribution >= 0.6 is 0 Å². The van der Waals surface area contributed by atoms with E-state index in [9.17, 15) is 9.59 Å². The number of amides is 2. The Morgan fingerprint density at radius 2 is 2.00 bits per heavy atom. The van der Waals surface area contributed by atoms with Crippen molar-refractivity contribution in [3.8, 4) is 5.75 Å². The van der Waals surface area contributed by atoms with Crippen molar-refractivity contribution in [2.24, 2.45) is 0 Å². The summed E-state index contributed by atoms with van der Waals surface area (Å²) in [6.45, 7) is 4.57. The molecule has 0 unspecified atom stereocenters. The molecule has 0 atom stereocenters. The number of hydrogen-bond donors (Lipinski definition) is 3. The average Bonchev–Trinajstić information content (AvgIpc) is 2.45. The van der Waals surface area contributed by atoms with Gasteiger partial charge in [-0.05, 0) is 17.7 Å². The highest BCUT2D eigenvalue weighted by Gasteiger charge is 2.21. The van der Waals surface area contributed by atoms with Gasteiger partial charge in [-0.25, -0.2) is 4.79 Å². The normalized spacial score (nSPS) is 10.8. The van der Waals surface area contributed by atoms with Crippen molar-refractivity contribution >= 4 is 12.0 Å². The molecule has 1 aromatic rings. The van der Waals surface area contributed by atoms with E-state index in [0.29, 0.717) is 6.54 Å². The van der Waals surface area contributed by atoms with E-state index >= 15 is 0 Å². The summed E-state index contributed by atoms with van der Waals surface area (Å²) in [6, 6.07) is 7.32. The molecule has 0 radical (unpaired) electrons. The van der Waals surface area contributed by atoms with Gasteiger partial charge < -0.3 is 20.5 Å². The summed E-state index contributed by atoms with van der Waals surface area (Å²) < 4.78 is 5.20. The maximum atomic E-state index is 11.6. The minimum atomic E-state index is -0.938. The molecule has 6 nitrogen and oxygen atoms in total. The van der Waals surface area contributed by atoms with Gasteiger partial charge in [0.1, 0.15) is 5.75 Å². The molecule has 0 saturated carbocycles. The van der Waals surface area contributed by atoms with Gasteiger partial charge in [-0.15, -0.1) is 0 Å². The minimum Gasteiger partial charge on any atom is -0.497 e. The van der Waals surface area contributed by atoms with Gasteiger partial charge in [-0.2, -0.15) is 0 Å². The van der Waals surface area contributed by atoms with Gasteiger partial charge in [0.2, 0.25) is 0 Å². The van der Waals surface area contributed by atoms with Crippen molar-refractivity contribution < 1.29 is 19.4 Å². The lowest BCUT2D eigenvalue weighted by Gasteiger charge is -2.26. The number of carboxylic acids is 1. The number of rotatable bonds is 7. The first-order valence-electron chi connectivity index (χ1n) is 6.73. The van der Waals surface area contributed by atoms with E-state index in [2.05, 4.69) is 10.6 Å². The maximum absolute atomic E-state index is 11.6. The fourth-order valence-electron chi connectivity index (χ4n) is 1.79. The summed E-state index contributed by atoms with van der Waals surface area (Å²) in [6.07, 6.45) is -0.0906. The topological polar surface area (TPSA) is 87.7 Å². The summed E-state index contributed by atoms with van der Waals surface area (Å²) in [5.41, 5.74) is 0.784. The molecule has 0 aliphatic heterocycles. The number of urea groups is 1. The van der Waals surface area contributed by atoms with Gasteiger partial charge in [0, 0.05) is 18.5 Å². The second-order valence-corrected chi connectivity index (χ2v) is 5.37. The van der Waals surface area contributed by atoms with Crippen LogP contribution < -0.4 is 15.4 Å². The molecule has 0 fully saturated rings. The molecule has 1 aromatic carbocycles. The third kappa shape index (κ3) is 5.72. The summed E-state index contributed by atoms with van der Waals surface area (Å²) >= 11 is 0. The second kappa shape index (κ2) is 7.52. The van der Waals surface area contributed by atoms with Crippen LogP contribution in [0.25, 0.3) is 0 Å². The number of hydrogen-bond acceptors (Lipinski definition) is 3. The molecule has 3 N–H and O–H groups in total. The minimum absolute atomic E-state index is 0.0906. The zero-order chi connectivity index (χ0) is 15.9. The van der Waals surface area contributed by atoms with Crippen LogP contribution in [0, 0.1) is 0 Å². The van der Waals surface area contributed by atoms with Crippen molar-refractivity contribution in [2.45, 2.75) is 25.7 Å². The fourth-order valence-corrected chi connectivity index (χ4v) is 1.79. The van der Waals surface area contributed by atoms with Crippen molar-refractivity contribution in [1.29, 1.82) is 0 Å². The van der Waals surface area contributed by atoms with E-state index in [1.807, 2.05) is 38.1 Å². The predicted octanol–water partition coefficient (Wildman–Crippen LogP) is 1.75. The highest BCUT2D eigenvalue weighted by atomic mass is 16.5. The first-order chi connectivity index (χ1) is 9.85. The van der Waals surface area contributed by atoms with Crippen LogP contribution in [-0.4, -0.2) is 37.3 Å². The van der Waals surface area contributed by atoms with Gasteiger partial charge >= 0.3 is 12.0 Å². The monoisotopic (exact) mass is 294 g/mol. The zero-order valence-electron chi connectivity index (χ0n) is 12.6. The first kappa shape index (κ1) is 16.8. The standard InChI is InChI=1S/C15H22N2O4/c1-15(2,11-5-4-6-12(9-11)21-3)10-17-14(20)16-8-7-13(18)19/h4-6,9H,7-8,10H2,1-3H3,(H,18,19)(H2,16,17,20). The van der Waals surface area contributed by atoms with E-state index in [1.165, 1.54) is 0 Å². The lowest BCUT2D eigenvalue weighted by Crippen LogP contribution is -2.42. The summed E-state index contributed by atoms with van der Waals surface area (Å²) in [4.78, 5) is 21.9. The lowest BCUT2D eigenvalue weighted by atomic mass is 9.84. The summed E-state index contributed by atoms with van der Waals surface area (Å²) in [5.74, 6) is -0.168. The Morgan fingerprint density at radius 1 is 1.29 bits per heavy atom. The van der Waals surface area contributed by atoms with Crippen molar-refractivity contribution in [1.82, 2.24) is 10.6 Å². The molecule has 2 amide bonds. The number of carbonyl (C=O) groups is 2. The van der Waals surface area contributed by atoms with E-state index in [4.69, 9.17) is 9.84 Å². The fraction of sp³-hybridized carbons (Fsp3) is 0.467. The largest absolute Gasteiger partial charge is 0.497 e. The molecule has 0 aromatic heterocycles. The van der Waals surface area contributed by atoms with Crippen LogP contribution in [0.4, 0.5) is 4.79 Å². The molecule has 116 valence electrons. The maximum Gasteiger partial charge on any atom is 0.314 e. The van der Waals surface area contributed by atoms with Crippen LogP contribution in [0.2, 0.25) is 0 Å².